The normalized spacial score (nSPS) is 18.5. The fourth-order valence-electron chi connectivity index (χ4n) is 2.32. The Labute approximate surface area is 105 Å². The van der Waals surface area contributed by atoms with Crippen LogP contribution in [0.3, 0.4) is 0 Å². The molecule has 1 saturated heterocycles. The molecule has 0 saturated carbocycles. The molecule has 2 rings (SSSR count). The Morgan fingerprint density at radius 2 is 1.71 bits per heavy atom. The van der Waals surface area contributed by atoms with Gasteiger partial charge in [0.05, 0.1) is 13.2 Å². The number of benzene rings is 1. The van der Waals surface area contributed by atoms with E-state index in [1.54, 1.807) is 0 Å². The molecule has 1 aromatic carbocycles. The van der Waals surface area contributed by atoms with Gasteiger partial charge >= 0.3 is 0 Å². The second kappa shape index (κ2) is 5.54. The molecule has 1 heterocycles. The Balaban J connectivity index is 2.26. The van der Waals surface area contributed by atoms with Gasteiger partial charge in [0.1, 0.15) is 0 Å². The predicted molar refractivity (Wildman–Crippen MR) is 72.7 cm³/mol. The van der Waals surface area contributed by atoms with Crippen molar-refractivity contribution < 1.29 is 4.74 Å². The van der Waals surface area contributed by atoms with E-state index in [1.807, 2.05) is 0 Å². The summed E-state index contributed by atoms with van der Waals surface area (Å²) in [5.74, 6) is 1.28. The monoisotopic (exact) mass is 233 g/mol. The number of anilines is 1. The molecule has 17 heavy (non-hydrogen) atoms. The first-order valence-corrected chi connectivity index (χ1v) is 6.61. The number of rotatable bonds is 3. The molecule has 2 heteroatoms. The molecule has 0 aliphatic carbocycles. The average Bonchev–Trinajstić information content (AvgIpc) is 2.39. The molecule has 1 fully saturated rings. The van der Waals surface area contributed by atoms with Gasteiger partial charge < -0.3 is 9.64 Å². The van der Waals surface area contributed by atoms with Crippen LogP contribution in [0.1, 0.15) is 32.3 Å². The van der Waals surface area contributed by atoms with Crippen molar-refractivity contribution in [2.24, 2.45) is 5.92 Å². The van der Waals surface area contributed by atoms with Crippen LogP contribution in [0, 0.1) is 5.92 Å². The number of nitrogens with zero attached hydrogens (tertiary/aromatic N) is 1. The summed E-state index contributed by atoms with van der Waals surface area (Å²) in [7, 11) is 0. The van der Waals surface area contributed by atoms with Crippen LogP contribution in [0.4, 0.5) is 5.69 Å². The maximum Gasteiger partial charge on any atom is 0.0642 e. The Morgan fingerprint density at radius 1 is 1.06 bits per heavy atom. The van der Waals surface area contributed by atoms with Crippen molar-refractivity contribution >= 4 is 5.69 Å². The topological polar surface area (TPSA) is 12.5 Å². The van der Waals surface area contributed by atoms with Crippen molar-refractivity contribution in [1.29, 1.82) is 0 Å². The Morgan fingerprint density at radius 3 is 2.35 bits per heavy atom. The number of ether oxygens (including phenoxy) is 1. The Kier molecular flexibility index (Phi) is 4.06. The van der Waals surface area contributed by atoms with E-state index in [2.05, 4.69) is 49.9 Å². The quantitative estimate of drug-likeness (QED) is 0.794. The lowest BCUT2D eigenvalue weighted by molar-refractivity contribution is 0.122. The van der Waals surface area contributed by atoms with Crippen molar-refractivity contribution in [3.8, 4) is 0 Å². The molecule has 0 amide bonds. The standard InChI is InChI=1S/C15H23NO/c1-12(2)13(3)14-6-4-5-7-15(14)16-8-10-17-11-9-16/h4-7,12-13H,8-11H2,1-3H3. The number of hydrogen-bond acceptors (Lipinski definition) is 2. The third-order valence-corrected chi connectivity index (χ3v) is 3.78. The minimum atomic E-state index is 0.606. The lowest BCUT2D eigenvalue weighted by Gasteiger charge is -2.32. The zero-order valence-corrected chi connectivity index (χ0v) is 11.1. The van der Waals surface area contributed by atoms with E-state index in [0.717, 1.165) is 26.3 Å². The zero-order valence-electron chi connectivity index (χ0n) is 11.1. The molecular formula is C15H23NO. The summed E-state index contributed by atoms with van der Waals surface area (Å²) in [5.41, 5.74) is 2.88. The second-order valence-corrected chi connectivity index (χ2v) is 5.19. The molecule has 1 unspecified atom stereocenters. The SMILES string of the molecule is CC(C)C(C)c1ccccc1N1CCOCC1. The molecule has 1 aliphatic rings. The van der Waals surface area contributed by atoms with Crippen LogP contribution in [-0.4, -0.2) is 26.3 Å². The summed E-state index contributed by atoms with van der Waals surface area (Å²) in [6.45, 7) is 10.6. The van der Waals surface area contributed by atoms with Crippen LogP contribution < -0.4 is 4.90 Å². The molecule has 2 nitrogen and oxygen atoms in total. The highest BCUT2D eigenvalue weighted by Crippen LogP contribution is 2.32. The average molecular weight is 233 g/mol. The second-order valence-electron chi connectivity index (χ2n) is 5.19. The van der Waals surface area contributed by atoms with Crippen molar-refractivity contribution in [2.75, 3.05) is 31.2 Å². The highest BCUT2D eigenvalue weighted by Gasteiger charge is 2.19. The molecular weight excluding hydrogens is 210 g/mol. The fourth-order valence-corrected chi connectivity index (χ4v) is 2.32. The molecule has 1 atom stereocenters. The summed E-state index contributed by atoms with van der Waals surface area (Å²) in [5, 5.41) is 0. The molecule has 0 aromatic heterocycles. The van der Waals surface area contributed by atoms with Crippen LogP contribution in [0.15, 0.2) is 24.3 Å². The molecule has 0 bridgehead atoms. The maximum atomic E-state index is 5.43. The van der Waals surface area contributed by atoms with Crippen LogP contribution in [0.2, 0.25) is 0 Å². The Bertz CT molecular complexity index is 356. The molecule has 0 radical (unpaired) electrons. The van der Waals surface area contributed by atoms with E-state index in [1.165, 1.54) is 11.3 Å². The minimum absolute atomic E-state index is 0.606. The van der Waals surface area contributed by atoms with Gasteiger partial charge in [-0.15, -0.1) is 0 Å². The summed E-state index contributed by atoms with van der Waals surface area (Å²) in [6.07, 6.45) is 0. The van der Waals surface area contributed by atoms with E-state index in [0.29, 0.717) is 11.8 Å². The van der Waals surface area contributed by atoms with Gasteiger partial charge in [-0.3, -0.25) is 0 Å². The summed E-state index contributed by atoms with van der Waals surface area (Å²) in [6, 6.07) is 8.81. The van der Waals surface area contributed by atoms with Gasteiger partial charge in [0.25, 0.3) is 0 Å². The van der Waals surface area contributed by atoms with Crippen LogP contribution in [0.25, 0.3) is 0 Å². The largest absolute Gasteiger partial charge is 0.378 e. The molecule has 0 N–H and O–H groups in total. The smallest absolute Gasteiger partial charge is 0.0642 e. The van der Waals surface area contributed by atoms with Gasteiger partial charge in [0, 0.05) is 18.8 Å². The van der Waals surface area contributed by atoms with E-state index in [-0.39, 0.29) is 0 Å². The lowest BCUT2D eigenvalue weighted by Crippen LogP contribution is -2.37. The number of hydrogen-bond donors (Lipinski definition) is 0. The van der Waals surface area contributed by atoms with Gasteiger partial charge in [-0.25, -0.2) is 0 Å². The summed E-state index contributed by atoms with van der Waals surface area (Å²) >= 11 is 0. The van der Waals surface area contributed by atoms with E-state index in [9.17, 15) is 0 Å². The third kappa shape index (κ3) is 2.81. The first-order chi connectivity index (χ1) is 8.20. The Hall–Kier alpha value is -1.02. The highest BCUT2D eigenvalue weighted by atomic mass is 16.5. The van der Waals surface area contributed by atoms with E-state index in [4.69, 9.17) is 4.74 Å². The van der Waals surface area contributed by atoms with Crippen LogP contribution in [-0.2, 0) is 4.74 Å². The molecule has 94 valence electrons. The number of para-hydroxylation sites is 1. The van der Waals surface area contributed by atoms with Crippen LogP contribution >= 0.6 is 0 Å². The van der Waals surface area contributed by atoms with Crippen molar-refractivity contribution in [3.63, 3.8) is 0 Å². The fraction of sp³-hybridized carbons (Fsp3) is 0.600. The van der Waals surface area contributed by atoms with Gasteiger partial charge in [-0.1, -0.05) is 39.0 Å². The summed E-state index contributed by atoms with van der Waals surface area (Å²) in [4.78, 5) is 2.46. The van der Waals surface area contributed by atoms with Gasteiger partial charge in [-0.05, 0) is 23.5 Å². The highest BCUT2D eigenvalue weighted by molar-refractivity contribution is 5.55. The summed E-state index contributed by atoms with van der Waals surface area (Å²) < 4.78 is 5.43. The zero-order chi connectivity index (χ0) is 12.3. The molecule has 0 spiro atoms. The lowest BCUT2D eigenvalue weighted by atomic mass is 9.89. The molecule has 1 aromatic rings. The van der Waals surface area contributed by atoms with E-state index >= 15 is 0 Å². The third-order valence-electron chi connectivity index (χ3n) is 3.78. The predicted octanol–water partition coefficient (Wildman–Crippen LogP) is 3.28. The number of morpholine rings is 1. The first-order valence-electron chi connectivity index (χ1n) is 6.61. The van der Waals surface area contributed by atoms with Gasteiger partial charge in [0.15, 0.2) is 0 Å². The maximum absolute atomic E-state index is 5.43. The minimum Gasteiger partial charge on any atom is -0.378 e. The van der Waals surface area contributed by atoms with Crippen molar-refractivity contribution in [3.05, 3.63) is 29.8 Å². The first kappa shape index (κ1) is 12.4. The van der Waals surface area contributed by atoms with Crippen molar-refractivity contribution in [1.82, 2.24) is 0 Å². The van der Waals surface area contributed by atoms with Crippen molar-refractivity contribution in [2.45, 2.75) is 26.7 Å². The van der Waals surface area contributed by atoms with Gasteiger partial charge in [0.2, 0.25) is 0 Å². The van der Waals surface area contributed by atoms with E-state index < -0.39 is 0 Å². The van der Waals surface area contributed by atoms with Crippen LogP contribution in [0.5, 0.6) is 0 Å². The van der Waals surface area contributed by atoms with Gasteiger partial charge in [-0.2, -0.15) is 0 Å². The molecule has 1 aliphatic heterocycles.